The molecule has 1 aromatic rings. The SMILES string of the molecule is CCCNc1cc(N(CCOC)CCOC)nc(C)n1. The van der Waals surface area contributed by atoms with Gasteiger partial charge in [-0.1, -0.05) is 6.92 Å². The number of ether oxygens (including phenoxy) is 2. The molecule has 0 bridgehead atoms. The molecular formula is C14H26N4O2. The number of rotatable bonds is 10. The van der Waals surface area contributed by atoms with Crippen LogP contribution in [0.15, 0.2) is 6.07 Å². The molecule has 0 aliphatic heterocycles. The fraction of sp³-hybridized carbons (Fsp3) is 0.714. The van der Waals surface area contributed by atoms with Gasteiger partial charge in [0.1, 0.15) is 17.5 Å². The summed E-state index contributed by atoms with van der Waals surface area (Å²) in [5, 5.41) is 3.30. The number of hydrogen-bond donors (Lipinski definition) is 1. The lowest BCUT2D eigenvalue weighted by molar-refractivity contribution is 0.190. The van der Waals surface area contributed by atoms with E-state index in [4.69, 9.17) is 9.47 Å². The summed E-state index contributed by atoms with van der Waals surface area (Å²) in [6, 6.07) is 1.98. The smallest absolute Gasteiger partial charge is 0.134 e. The minimum absolute atomic E-state index is 0.657. The van der Waals surface area contributed by atoms with Crippen molar-refractivity contribution in [3.8, 4) is 0 Å². The maximum absolute atomic E-state index is 5.16. The molecule has 0 saturated heterocycles. The van der Waals surface area contributed by atoms with Crippen molar-refractivity contribution in [1.82, 2.24) is 9.97 Å². The second-order valence-corrected chi connectivity index (χ2v) is 4.56. The largest absolute Gasteiger partial charge is 0.383 e. The average molecular weight is 282 g/mol. The van der Waals surface area contributed by atoms with Gasteiger partial charge in [0.2, 0.25) is 0 Å². The van der Waals surface area contributed by atoms with Crippen molar-refractivity contribution in [3.05, 3.63) is 11.9 Å². The fourth-order valence-corrected chi connectivity index (χ4v) is 1.80. The van der Waals surface area contributed by atoms with E-state index in [0.29, 0.717) is 13.2 Å². The first-order valence-electron chi connectivity index (χ1n) is 7.03. The highest BCUT2D eigenvalue weighted by molar-refractivity contribution is 5.49. The Morgan fingerprint density at radius 2 is 1.80 bits per heavy atom. The number of methoxy groups -OCH3 is 2. The third kappa shape index (κ3) is 5.71. The molecular weight excluding hydrogens is 256 g/mol. The minimum Gasteiger partial charge on any atom is -0.383 e. The summed E-state index contributed by atoms with van der Waals surface area (Å²) in [4.78, 5) is 11.1. The van der Waals surface area contributed by atoms with E-state index in [1.807, 2.05) is 13.0 Å². The quantitative estimate of drug-likeness (QED) is 0.705. The summed E-state index contributed by atoms with van der Waals surface area (Å²) in [6.45, 7) is 7.82. The third-order valence-corrected chi connectivity index (χ3v) is 2.84. The summed E-state index contributed by atoms with van der Waals surface area (Å²) >= 11 is 0. The molecule has 0 aliphatic rings. The Kier molecular flexibility index (Phi) is 7.91. The lowest BCUT2D eigenvalue weighted by atomic mass is 10.4. The normalized spacial score (nSPS) is 10.6. The maximum atomic E-state index is 5.16. The predicted molar refractivity (Wildman–Crippen MR) is 81.5 cm³/mol. The molecule has 0 aliphatic carbocycles. The Balaban J connectivity index is 2.83. The lowest BCUT2D eigenvalue weighted by Gasteiger charge is -2.23. The second-order valence-electron chi connectivity index (χ2n) is 4.56. The molecule has 1 rings (SSSR count). The van der Waals surface area contributed by atoms with Crippen LogP contribution in [0.5, 0.6) is 0 Å². The van der Waals surface area contributed by atoms with Crippen molar-refractivity contribution >= 4 is 11.6 Å². The Morgan fingerprint density at radius 3 is 2.35 bits per heavy atom. The number of hydrogen-bond acceptors (Lipinski definition) is 6. The summed E-state index contributed by atoms with van der Waals surface area (Å²) in [7, 11) is 3.40. The molecule has 0 radical (unpaired) electrons. The van der Waals surface area contributed by atoms with E-state index in [0.717, 1.165) is 43.5 Å². The summed E-state index contributed by atoms with van der Waals surface area (Å²) in [5.41, 5.74) is 0. The summed E-state index contributed by atoms with van der Waals surface area (Å²) < 4.78 is 10.3. The van der Waals surface area contributed by atoms with Gasteiger partial charge in [0, 0.05) is 39.9 Å². The summed E-state index contributed by atoms with van der Waals surface area (Å²) in [5.74, 6) is 2.54. The molecule has 114 valence electrons. The molecule has 20 heavy (non-hydrogen) atoms. The third-order valence-electron chi connectivity index (χ3n) is 2.84. The zero-order valence-electron chi connectivity index (χ0n) is 13.0. The number of nitrogens with one attached hydrogen (secondary N) is 1. The van der Waals surface area contributed by atoms with Crippen LogP contribution in [0, 0.1) is 6.92 Å². The van der Waals surface area contributed by atoms with Gasteiger partial charge in [-0.05, 0) is 13.3 Å². The van der Waals surface area contributed by atoms with Gasteiger partial charge in [0.05, 0.1) is 13.2 Å². The summed E-state index contributed by atoms with van der Waals surface area (Å²) in [6.07, 6.45) is 1.06. The number of nitrogens with zero attached hydrogens (tertiary/aromatic N) is 3. The molecule has 0 aromatic carbocycles. The van der Waals surface area contributed by atoms with Crippen molar-refractivity contribution in [2.24, 2.45) is 0 Å². The van der Waals surface area contributed by atoms with Crippen molar-refractivity contribution in [2.45, 2.75) is 20.3 Å². The van der Waals surface area contributed by atoms with Crippen LogP contribution >= 0.6 is 0 Å². The number of aryl methyl sites for hydroxylation is 1. The van der Waals surface area contributed by atoms with E-state index < -0.39 is 0 Å². The van der Waals surface area contributed by atoms with Crippen molar-refractivity contribution in [3.63, 3.8) is 0 Å². The van der Waals surface area contributed by atoms with E-state index in [9.17, 15) is 0 Å². The highest BCUT2D eigenvalue weighted by Crippen LogP contribution is 2.15. The van der Waals surface area contributed by atoms with Gasteiger partial charge in [-0.15, -0.1) is 0 Å². The maximum Gasteiger partial charge on any atom is 0.134 e. The Hall–Kier alpha value is -1.40. The molecule has 0 atom stereocenters. The van der Waals surface area contributed by atoms with Crippen molar-refractivity contribution < 1.29 is 9.47 Å². The predicted octanol–water partition coefficient (Wildman–Crippen LogP) is 1.71. The Labute approximate surface area is 121 Å². The van der Waals surface area contributed by atoms with Gasteiger partial charge < -0.3 is 19.7 Å². The standard InChI is InChI=1S/C14H26N4O2/c1-5-6-15-13-11-14(17-12(2)16-13)18(7-9-19-3)8-10-20-4/h11H,5-10H2,1-4H3,(H,15,16,17). The van der Waals surface area contributed by atoms with E-state index in [2.05, 4.69) is 27.1 Å². The number of anilines is 2. The van der Waals surface area contributed by atoms with Gasteiger partial charge in [0.15, 0.2) is 0 Å². The van der Waals surface area contributed by atoms with E-state index >= 15 is 0 Å². The fourth-order valence-electron chi connectivity index (χ4n) is 1.80. The molecule has 0 saturated carbocycles. The highest BCUT2D eigenvalue weighted by atomic mass is 16.5. The van der Waals surface area contributed by atoms with Crippen molar-refractivity contribution in [2.75, 3.05) is 57.3 Å². The van der Waals surface area contributed by atoms with Crippen molar-refractivity contribution in [1.29, 1.82) is 0 Å². The van der Waals surface area contributed by atoms with Gasteiger partial charge in [-0.3, -0.25) is 0 Å². The molecule has 0 fully saturated rings. The van der Waals surface area contributed by atoms with Gasteiger partial charge in [-0.2, -0.15) is 0 Å². The molecule has 0 amide bonds. The molecule has 0 spiro atoms. The van der Waals surface area contributed by atoms with E-state index in [1.165, 1.54) is 0 Å². The molecule has 1 N–H and O–H groups in total. The van der Waals surface area contributed by atoms with Gasteiger partial charge in [-0.25, -0.2) is 9.97 Å². The number of aromatic nitrogens is 2. The van der Waals surface area contributed by atoms with E-state index in [-0.39, 0.29) is 0 Å². The van der Waals surface area contributed by atoms with Crippen LogP contribution in [0.3, 0.4) is 0 Å². The van der Waals surface area contributed by atoms with Crippen LogP contribution in [0.1, 0.15) is 19.2 Å². The minimum atomic E-state index is 0.657. The zero-order valence-corrected chi connectivity index (χ0v) is 13.0. The molecule has 6 heteroatoms. The average Bonchev–Trinajstić information content (AvgIpc) is 2.44. The first kappa shape index (κ1) is 16.7. The monoisotopic (exact) mass is 282 g/mol. The Bertz CT molecular complexity index is 379. The van der Waals surface area contributed by atoms with Crippen LogP contribution in [-0.2, 0) is 9.47 Å². The molecule has 1 heterocycles. The van der Waals surface area contributed by atoms with Crippen LogP contribution < -0.4 is 10.2 Å². The zero-order chi connectivity index (χ0) is 14.8. The molecule has 1 aromatic heterocycles. The van der Waals surface area contributed by atoms with E-state index in [1.54, 1.807) is 14.2 Å². The van der Waals surface area contributed by atoms with Crippen LogP contribution in [0.2, 0.25) is 0 Å². The Morgan fingerprint density at radius 1 is 1.15 bits per heavy atom. The molecule has 6 nitrogen and oxygen atoms in total. The first-order valence-corrected chi connectivity index (χ1v) is 7.03. The van der Waals surface area contributed by atoms with Crippen LogP contribution in [0.25, 0.3) is 0 Å². The first-order chi connectivity index (χ1) is 9.71. The molecule has 0 unspecified atom stereocenters. The van der Waals surface area contributed by atoms with Gasteiger partial charge >= 0.3 is 0 Å². The lowest BCUT2D eigenvalue weighted by Crippen LogP contribution is -2.31. The van der Waals surface area contributed by atoms with Crippen LogP contribution in [0.4, 0.5) is 11.6 Å². The second kappa shape index (κ2) is 9.50. The van der Waals surface area contributed by atoms with Gasteiger partial charge in [0.25, 0.3) is 0 Å². The van der Waals surface area contributed by atoms with Crippen LogP contribution in [-0.4, -0.2) is 57.0 Å². The topological polar surface area (TPSA) is 59.5 Å². The highest BCUT2D eigenvalue weighted by Gasteiger charge is 2.10.